The first-order chi connectivity index (χ1) is 12.5. The zero-order valence-corrected chi connectivity index (χ0v) is 15.2. The minimum atomic E-state index is -0.336. The molecule has 0 spiro atoms. The van der Waals surface area contributed by atoms with Crippen molar-refractivity contribution in [3.63, 3.8) is 0 Å². The molecule has 0 radical (unpaired) electrons. The lowest BCUT2D eigenvalue weighted by Gasteiger charge is -2.09. The van der Waals surface area contributed by atoms with Gasteiger partial charge in [0.25, 0.3) is 11.5 Å². The molecule has 5 nitrogen and oxygen atoms in total. The van der Waals surface area contributed by atoms with Gasteiger partial charge >= 0.3 is 0 Å². The molecule has 3 aromatic rings. The summed E-state index contributed by atoms with van der Waals surface area (Å²) in [6.07, 6.45) is 0. The summed E-state index contributed by atoms with van der Waals surface area (Å²) in [4.78, 5) is 24.1. The van der Waals surface area contributed by atoms with E-state index in [-0.39, 0.29) is 30.4 Å². The second-order valence-electron chi connectivity index (χ2n) is 5.55. The smallest absolute Gasteiger partial charge is 0.266 e. The number of carbonyl (C=O) groups excluding carboxylic acids is 1. The number of amides is 1. The maximum Gasteiger partial charge on any atom is 0.266 e. The van der Waals surface area contributed by atoms with Crippen molar-refractivity contribution in [1.29, 1.82) is 0 Å². The summed E-state index contributed by atoms with van der Waals surface area (Å²) in [7, 11) is 0. The maximum absolute atomic E-state index is 13.0. The predicted molar refractivity (Wildman–Crippen MR) is 100 cm³/mol. The van der Waals surface area contributed by atoms with E-state index in [0.717, 1.165) is 4.47 Å². The fourth-order valence-electron chi connectivity index (χ4n) is 2.39. The Labute approximate surface area is 157 Å². The van der Waals surface area contributed by atoms with Crippen molar-refractivity contribution >= 4 is 21.8 Å². The molecule has 3 rings (SSSR count). The second kappa shape index (κ2) is 8.05. The number of benzene rings is 2. The molecule has 132 valence electrons. The Hall–Kier alpha value is -2.80. The maximum atomic E-state index is 13.0. The lowest BCUT2D eigenvalue weighted by molar-refractivity contribution is 0.0951. The summed E-state index contributed by atoms with van der Waals surface area (Å²) in [5.41, 5.74) is 1.52. The van der Waals surface area contributed by atoms with Gasteiger partial charge in [-0.3, -0.25) is 9.59 Å². The first-order valence-corrected chi connectivity index (χ1v) is 8.70. The number of carbonyl (C=O) groups is 1. The van der Waals surface area contributed by atoms with E-state index in [0.29, 0.717) is 16.8 Å². The van der Waals surface area contributed by atoms with Crippen LogP contribution in [0.2, 0.25) is 0 Å². The highest BCUT2D eigenvalue weighted by molar-refractivity contribution is 9.10. The fourth-order valence-corrected chi connectivity index (χ4v) is 2.79. The zero-order chi connectivity index (χ0) is 18.5. The molecule has 0 fully saturated rings. The lowest BCUT2D eigenvalue weighted by atomic mass is 10.1. The van der Waals surface area contributed by atoms with Gasteiger partial charge in [-0.05, 0) is 48.5 Å². The monoisotopic (exact) mass is 415 g/mol. The number of hydrogen-bond acceptors (Lipinski definition) is 3. The van der Waals surface area contributed by atoms with Crippen LogP contribution >= 0.6 is 15.9 Å². The molecule has 0 saturated carbocycles. The topological polar surface area (TPSA) is 64.0 Å². The summed E-state index contributed by atoms with van der Waals surface area (Å²) in [6, 6.07) is 15.9. The Morgan fingerprint density at radius 1 is 1.12 bits per heavy atom. The average Bonchev–Trinajstić information content (AvgIpc) is 2.64. The number of rotatable bonds is 5. The SMILES string of the molecule is O=C(NCCn1nc(-c2ccc(F)cc2)ccc1=O)c1cccc(Br)c1. The normalized spacial score (nSPS) is 10.5. The van der Waals surface area contributed by atoms with Gasteiger partial charge in [-0.2, -0.15) is 5.10 Å². The molecule has 2 aromatic carbocycles. The van der Waals surface area contributed by atoms with E-state index in [4.69, 9.17) is 0 Å². The van der Waals surface area contributed by atoms with Gasteiger partial charge in [-0.1, -0.05) is 22.0 Å². The third-order valence-corrected chi connectivity index (χ3v) is 4.20. The fraction of sp³-hybridized carbons (Fsp3) is 0.105. The molecule has 0 aliphatic rings. The third kappa shape index (κ3) is 4.43. The highest BCUT2D eigenvalue weighted by atomic mass is 79.9. The molecule has 1 aromatic heterocycles. The van der Waals surface area contributed by atoms with Crippen LogP contribution in [0.5, 0.6) is 0 Å². The predicted octanol–water partition coefficient (Wildman–Crippen LogP) is 3.24. The minimum absolute atomic E-state index is 0.228. The van der Waals surface area contributed by atoms with Gasteiger partial charge in [0.15, 0.2) is 0 Å². The Bertz CT molecular complexity index is 987. The van der Waals surface area contributed by atoms with Gasteiger partial charge in [-0.15, -0.1) is 0 Å². The van der Waals surface area contributed by atoms with E-state index in [1.54, 1.807) is 36.4 Å². The highest BCUT2D eigenvalue weighted by Crippen LogP contribution is 2.15. The van der Waals surface area contributed by atoms with Gasteiger partial charge < -0.3 is 5.32 Å². The minimum Gasteiger partial charge on any atom is -0.350 e. The number of hydrogen-bond donors (Lipinski definition) is 1. The van der Waals surface area contributed by atoms with Crippen molar-refractivity contribution in [2.45, 2.75) is 6.54 Å². The third-order valence-electron chi connectivity index (χ3n) is 3.70. The summed E-state index contributed by atoms with van der Waals surface area (Å²) < 4.78 is 15.1. The van der Waals surface area contributed by atoms with Gasteiger partial charge in [-0.25, -0.2) is 9.07 Å². The van der Waals surface area contributed by atoms with E-state index in [2.05, 4.69) is 26.3 Å². The van der Waals surface area contributed by atoms with Gasteiger partial charge in [0.1, 0.15) is 5.82 Å². The van der Waals surface area contributed by atoms with Crippen molar-refractivity contribution in [3.8, 4) is 11.3 Å². The van der Waals surface area contributed by atoms with E-state index >= 15 is 0 Å². The number of aromatic nitrogens is 2. The van der Waals surface area contributed by atoms with E-state index < -0.39 is 0 Å². The lowest BCUT2D eigenvalue weighted by Crippen LogP contribution is -2.31. The summed E-state index contributed by atoms with van der Waals surface area (Å²) in [5, 5.41) is 7.04. The Balaban J connectivity index is 1.68. The van der Waals surface area contributed by atoms with E-state index in [9.17, 15) is 14.0 Å². The van der Waals surface area contributed by atoms with Crippen LogP contribution in [-0.2, 0) is 6.54 Å². The van der Waals surface area contributed by atoms with Crippen molar-refractivity contribution in [1.82, 2.24) is 15.1 Å². The molecule has 1 amide bonds. The standard InChI is InChI=1S/C19H15BrFN3O2/c20-15-3-1-2-14(12-15)19(26)22-10-11-24-18(25)9-8-17(23-24)13-4-6-16(21)7-5-13/h1-9,12H,10-11H2,(H,22,26). The molecule has 0 saturated heterocycles. The van der Waals surface area contributed by atoms with Crippen molar-refractivity contribution in [3.05, 3.63) is 86.9 Å². The van der Waals surface area contributed by atoms with Crippen molar-refractivity contribution in [2.24, 2.45) is 0 Å². The van der Waals surface area contributed by atoms with Crippen LogP contribution in [0.3, 0.4) is 0 Å². The number of nitrogens with one attached hydrogen (secondary N) is 1. The van der Waals surface area contributed by atoms with Crippen LogP contribution in [0, 0.1) is 5.82 Å². The molecule has 7 heteroatoms. The quantitative estimate of drug-likeness (QED) is 0.695. The van der Waals surface area contributed by atoms with Crippen molar-refractivity contribution in [2.75, 3.05) is 6.54 Å². The van der Waals surface area contributed by atoms with Crippen LogP contribution in [0.25, 0.3) is 11.3 Å². The Morgan fingerprint density at radius 2 is 1.88 bits per heavy atom. The van der Waals surface area contributed by atoms with Crippen LogP contribution < -0.4 is 10.9 Å². The van der Waals surface area contributed by atoms with Crippen LogP contribution in [-0.4, -0.2) is 22.2 Å². The summed E-state index contributed by atoms with van der Waals surface area (Å²) in [6.45, 7) is 0.485. The molecule has 0 aliphatic heterocycles. The largest absolute Gasteiger partial charge is 0.350 e. The van der Waals surface area contributed by atoms with Gasteiger partial charge in [0, 0.05) is 28.2 Å². The second-order valence-corrected chi connectivity index (χ2v) is 6.47. The van der Waals surface area contributed by atoms with E-state index in [1.165, 1.54) is 22.9 Å². The van der Waals surface area contributed by atoms with Crippen LogP contribution in [0.15, 0.2) is 69.9 Å². The van der Waals surface area contributed by atoms with Crippen LogP contribution in [0.4, 0.5) is 4.39 Å². The molecule has 0 atom stereocenters. The number of nitrogens with zero attached hydrogens (tertiary/aromatic N) is 2. The molecule has 0 unspecified atom stereocenters. The number of halogens is 2. The Morgan fingerprint density at radius 3 is 2.62 bits per heavy atom. The van der Waals surface area contributed by atoms with Crippen molar-refractivity contribution < 1.29 is 9.18 Å². The molecule has 26 heavy (non-hydrogen) atoms. The van der Waals surface area contributed by atoms with E-state index in [1.807, 2.05) is 6.07 Å². The first kappa shape index (κ1) is 18.0. The highest BCUT2D eigenvalue weighted by Gasteiger charge is 2.07. The molecular formula is C19H15BrFN3O2. The molecule has 1 heterocycles. The molecular weight excluding hydrogens is 401 g/mol. The Kier molecular flexibility index (Phi) is 5.58. The summed E-state index contributed by atoms with van der Waals surface area (Å²) >= 11 is 3.32. The summed E-state index contributed by atoms with van der Waals surface area (Å²) in [5.74, 6) is -0.564. The van der Waals surface area contributed by atoms with Gasteiger partial charge in [0.2, 0.25) is 0 Å². The molecule has 1 N–H and O–H groups in total. The first-order valence-electron chi connectivity index (χ1n) is 7.91. The molecule has 0 aliphatic carbocycles. The van der Waals surface area contributed by atoms with Crippen LogP contribution in [0.1, 0.15) is 10.4 Å². The molecule has 0 bridgehead atoms. The average molecular weight is 416 g/mol. The zero-order valence-electron chi connectivity index (χ0n) is 13.7. The van der Waals surface area contributed by atoms with Gasteiger partial charge in [0.05, 0.1) is 12.2 Å².